The van der Waals surface area contributed by atoms with Gasteiger partial charge in [-0.2, -0.15) is 5.10 Å². The molecule has 26 heavy (non-hydrogen) atoms. The minimum absolute atomic E-state index is 0.175. The third kappa shape index (κ3) is 3.11. The van der Waals surface area contributed by atoms with E-state index in [0.29, 0.717) is 24.2 Å². The van der Waals surface area contributed by atoms with Crippen molar-refractivity contribution in [3.8, 4) is 5.69 Å². The minimum Gasteiger partial charge on any atom is -0.472 e. The standard InChI is InChI=1S/C19H18N4O3/c24-18(17-3-1-10-22(17)19(25)14-8-12-26-13-14)21-15-4-6-16(7-5-15)23-11-2-9-20-23/h2,4-9,11-13,17H,1,3,10H2,(H,21,24)/t17-/m1/s1. The van der Waals surface area contributed by atoms with Crippen molar-refractivity contribution >= 4 is 17.5 Å². The molecule has 2 aromatic heterocycles. The van der Waals surface area contributed by atoms with E-state index in [0.717, 1.165) is 12.1 Å². The van der Waals surface area contributed by atoms with E-state index >= 15 is 0 Å². The molecule has 0 bridgehead atoms. The van der Waals surface area contributed by atoms with Crippen LogP contribution in [0.25, 0.3) is 5.69 Å². The molecule has 3 aromatic rings. The third-order valence-electron chi connectivity index (χ3n) is 4.49. The molecule has 1 aliphatic heterocycles. The van der Waals surface area contributed by atoms with Gasteiger partial charge < -0.3 is 14.6 Å². The van der Waals surface area contributed by atoms with Crippen LogP contribution in [0.3, 0.4) is 0 Å². The molecular weight excluding hydrogens is 332 g/mol. The minimum atomic E-state index is -0.469. The van der Waals surface area contributed by atoms with E-state index in [1.807, 2.05) is 36.5 Å². The Balaban J connectivity index is 1.44. The number of aromatic nitrogens is 2. The molecule has 0 saturated carbocycles. The van der Waals surface area contributed by atoms with E-state index in [4.69, 9.17) is 4.42 Å². The third-order valence-corrected chi connectivity index (χ3v) is 4.49. The molecule has 1 aliphatic rings. The molecule has 4 rings (SSSR count). The Morgan fingerprint density at radius 1 is 1.19 bits per heavy atom. The van der Waals surface area contributed by atoms with Crippen LogP contribution in [0.15, 0.2) is 65.7 Å². The Labute approximate surface area is 150 Å². The van der Waals surface area contributed by atoms with Gasteiger partial charge in [-0.15, -0.1) is 0 Å². The number of carbonyl (C=O) groups is 2. The molecular formula is C19H18N4O3. The lowest BCUT2D eigenvalue weighted by Gasteiger charge is -2.23. The second-order valence-electron chi connectivity index (χ2n) is 6.16. The van der Waals surface area contributed by atoms with Crippen LogP contribution in [0.4, 0.5) is 5.69 Å². The number of hydrogen-bond acceptors (Lipinski definition) is 4. The van der Waals surface area contributed by atoms with Gasteiger partial charge in [-0.25, -0.2) is 4.68 Å². The molecule has 3 heterocycles. The van der Waals surface area contributed by atoms with E-state index < -0.39 is 6.04 Å². The van der Waals surface area contributed by atoms with Crippen molar-refractivity contribution in [2.24, 2.45) is 0 Å². The van der Waals surface area contributed by atoms with Gasteiger partial charge in [0.25, 0.3) is 5.91 Å². The van der Waals surface area contributed by atoms with Crippen LogP contribution in [-0.4, -0.2) is 39.1 Å². The Morgan fingerprint density at radius 2 is 2.04 bits per heavy atom. The van der Waals surface area contributed by atoms with Crippen molar-refractivity contribution < 1.29 is 14.0 Å². The van der Waals surface area contributed by atoms with Gasteiger partial charge in [0.05, 0.1) is 17.5 Å². The number of benzene rings is 1. The van der Waals surface area contributed by atoms with E-state index in [9.17, 15) is 9.59 Å². The van der Waals surface area contributed by atoms with E-state index in [1.54, 1.807) is 21.8 Å². The van der Waals surface area contributed by atoms with E-state index in [2.05, 4.69) is 10.4 Å². The fraction of sp³-hybridized carbons (Fsp3) is 0.211. The molecule has 7 nitrogen and oxygen atoms in total. The summed E-state index contributed by atoms with van der Waals surface area (Å²) in [6.07, 6.45) is 7.89. The zero-order chi connectivity index (χ0) is 17.9. The predicted octanol–water partition coefficient (Wildman–Crippen LogP) is 2.71. The van der Waals surface area contributed by atoms with Crippen LogP contribution >= 0.6 is 0 Å². The molecule has 1 aromatic carbocycles. The zero-order valence-electron chi connectivity index (χ0n) is 14.0. The summed E-state index contributed by atoms with van der Waals surface area (Å²) in [5, 5.41) is 7.07. The Bertz CT molecular complexity index is 886. The van der Waals surface area contributed by atoms with Crippen LogP contribution in [-0.2, 0) is 4.79 Å². The molecule has 2 amide bonds. The summed E-state index contributed by atoms with van der Waals surface area (Å²) < 4.78 is 6.72. The lowest BCUT2D eigenvalue weighted by Crippen LogP contribution is -2.43. The largest absolute Gasteiger partial charge is 0.472 e. The molecule has 0 radical (unpaired) electrons. The number of anilines is 1. The average molecular weight is 350 g/mol. The summed E-state index contributed by atoms with van der Waals surface area (Å²) in [5.74, 6) is -0.350. The molecule has 0 aliphatic carbocycles. The molecule has 1 fully saturated rings. The number of amides is 2. The molecule has 1 atom stereocenters. The number of nitrogens with zero attached hydrogens (tertiary/aromatic N) is 3. The van der Waals surface area contributed by atoms with Crippen molar-refractivity contribution in [3.63, 3.8) is 0 Å². The van der Waals surface area contributed by atoms with Crippen molar-refractivity contribution in [1.29, 1.82) is 0 Å². The van der Waals surface area contributed by atoms with Crippen molar-refractivity contribution in [2.75, 3.05) is 11.9 Å². The number of furan rings is 1. The number of rotatable bonds is 4. The highest BCUT2D eigenvalue weighted by molar-refractivity contribution is 6.01. The van der Waals surface area contributed by atoms with Crippen molar-refractivity contribution in [2.45, 2.75) is 18.9 Å². The van der Waals surface area contributed by atoms with Crippen LogP contribution in [0.5, 0.6) is 0 Å². The second kappa shape index (κ2) is 6.87. The summed E-state index contributed by atoms with van der Waals surface area (Å²) in [6, 6.07) is 10.4. The molecule has 7 heteroatoms. The van der Waals surface area contributed by atoms with Gasteiger partial charge in [0.2, 0.25) is 5.91 Å². The van der Waals surface area contributed by atoms with Gasteiger partial charge in [-0.1, -0.05) is 0 Å². The van der Waals surface area contributed by atoms with E-state index in [-0.39, 0.29) is 11.8 Å². The monoisotopic (exact) mass is 350 g/mol. The normalized spacial score (nSPS) is 16.6. The summed E-state index contributed by atoms with van der Waals surface area (Å²) >= 11 is 0. The van der Waals surface area contributed by atoms with Gasteiger partial charge in [0.15, 0.2) is 0 Å². The van der Waals surface area contributed by atoms with Gasteiger partial charge in [-0.3, -0.25) is 9.59 Å². The lowest BCUT2D eigenvalue weighted by atomic mass is 10.2. The quantitative estimate of drug-likeness (QED) is 0.784. The highest BCUT2D eigenvalue weighted by atomic mass is 16.3. The van der Waals surface area contributed by atoms with Gasteiger partial charge in [-0.05, 0) is 49.2 Å². The lowest BCUT2D eigenvalue weighted by molar-refractivity contribution is -0.119. The SMILES string of the molecule is O=C(Nc1ccc(-n2cccn2)cc1)[C@H]1CCCN1C(=O)c1ccoc1. The van der Waals surface area contributed by atoms with Gasteiger partial charge >= 0.3 is 0 Å². The first-order valence-electron chi connectivity index (χ1n) is 8.46. The van der Waals surface area contributed by atoms with Gasteiger partial charge in [0.1, 0.15) is 12.3 Å². The molecule has 1 N–H and O–H groups in total. The van der Waals surface area contributed by atoms with Crippen LogP contribution in [0, 0.1) is 0 Å². The fourth-order valence-electron chi connectivity index (χ4n) is 3.18. The smallest absolute Gasteiger partial charge is 0.257 e. The van der Waals surface area contributed by atoms with Crippen molar-refractivity contribution in [3.05, 3.63) is 66.9 Å². The second-order valence-corrected chi connectivity index (χ2v) is 6.16. The first-order valence-corrected chi connectivity index (χ1v) is 8.46. The maximum absolute atomic E-state index is 12.7. The summed E-state index contributed by atoms with van der Waals surface area (Å²) in [7, 11) is 0. The predicted molar refractivity (Wildman–Crippen MR) is 95.0 cm³/mol. The van der Waals surface area contributed by atoms with Crippen LogP contribution < -0.4 is 5.32 Å². The molecule has 1 saturated heterocycles. The Morgan fingerprint density at radius 3 is 2.73 bits per heavy atom. The average Bonchev–Trinajstić information content (AvgIpc) is 3.44. The number of nitrogens with one attached hydrogen (secondary N) is 1. The topological polar surface area (TPSA) is 80.4 Å². The van der Waals surface area contributed by atoms with Crippen LogP contribution in [0.1, 0.15) is 23.2 Å². The van der Waals surface area contributed by atoms with Crippen LogP contribution in [0.2, 0.25) is 0 Å². The zero-order valence-corrected chi connectivity index (χ0v) is 14.0. The first-order chi connectivity index (χ1) is 12.7. The summed E-state index contributed by atoms with van der Waals surface area (Å²) in [4.78, 5) is 26.8. The van der Waals surface area contributed by atoms with Crippen molar-refractivity contribution in [1.82, 2.24) is 14.7 Å². The first kappa shape index (κ1) is 16.1. The Hall–Kier alpha value is -3.35. The Kier molecular flexibility index (Phi) is 4.27. The number of hydrogen-bond donors (Lipinski definition) is 1. The molecule has 0 unspecified atom stereocenters. The summed E-state index contributed by atoms with van der Waals surface area (Å²) in [5.41, 5.74) is 2.06. The summed E-state index contributed by atoms with van der Waals surface area (Å²) in [6.45, 7) is 0.570. The number of carbonyl (C=O) groups excluding carboxylic acids is 2. The van der Waals surface area contributed by atoms with E-state index in [1.165, 1.54) is 12.5 Å². The number of likely N-dealkylation sites (tertiary alicyclic amines) is 1. The highest BCUT2D eigenvalue weighted by Crippen LogP contribution is 2.22. The molecule has 132 valence electrons. The fourth-order valence-corrected chi connectivity index (χ4v) is 3.18. The highest BCUT2D eigenvalue weighted by Gasteiger charge is 2.34. The maximum atomic E-state index is 12.7. The maximum Gasteiger partial charge on any atom is 0.257 e. The molecule has 0 spiro atoms. The van der Waals surface area contributed by atoms with Gasteiger partial charge in [0, 0.05) is 24.6 Å².